The third kappa shape index (κ3) is 5.24. The minimum absolute atomic E-state index is 0.0417. The summed E-state index contributed by atoms with van der Waals surface area (Å²) in [6.07, 6.45) is 2.11. The minimum atomic E-state index is -4.14. The Hall–Kier alpha value is -4.19. The van der Waals surface area contributed by atoms with Gasteiger partial charge in [-0.1, -0.05) is 0 Å². The molecule has 0 saturated heterocycles. The number of benzene rings is 3. The number of aryl methyl sites for hydroxylation is 2. The molecule has 10 nitrogen and oxygen atoms in total. The van der Waals surface area contributed by atoms with Gasteiger partial charge in [-0.25, -0.2) is 17.6 Å². The molecule has 4 aromatic rings. The molecule has 39 heavy (non-hydrogen) atoms. The highest BCUT2D eigenvalue weighted by atomic mass is 32.2. The third-order valence-electron chi connectivity index (χ3n) is 6.58. The summed E-state index contributed by atoms with van der Waals surface area (Å²) >= 11 is 0. The fraction of sp³-hybridized carbons (Fsp3) is 0.296. The normalized spacial score (nSPS) is 13.4. The van der Waals surface area contributed by atoms with E-state index in [2.05, 4.69) is 4.72 Å². The standard InChI is InChI=1S/C27H28FN3O7S/c1-30-21-13-20(29-39(33,34)18-8-10-23(35-3)26(12-18)36-4)25(14-22(21)31(2)27(30)32)38-17-7-9-19(28)24(11-17)37-15-16-5-6-16/h7-14,16,29H,5-6,15H2,1-4H3. The molecule has 0 spiro atoms. The molecular weight excluding hydrogens is 529 g/mol. The monoisotopic (exact) mass is 557 g/mol. The number of aromatic nitrogens is 2. The topological polar surface area (TPSA) is 110 Å². The van der Waals surface area contributed by atoms with Crippen molar-refractivity contribution < 1.29 is 31.8 Å². The quantitative estimate of drug-likeness (QED) is 0.308. The van der Waals surface area contributed by atoms with E-state index in [0.717, 1.165) is 12.8 Å². The van der Waals surface area contributed by atoms with Crippen molar-refractivity contribution in [2.24, 2.45) is 20.0 Å². The number of hydrogen-bond acceptors (Lipinski definition) is 7. The molecular formula is C27H28FN3O7S. The summed E-state index contributed by atoms with van der Waals surface area (Å²) in [7, 11) is 1.90. The SMILES string of the molecule is COc1ccc(S(=O)(=O)Nc2cc3c(cc2Oc2ccc(F)c(OCC4CC4)c2)n(C)c(=O)n3C)cc1OC. The van der Waals surface area contributed by atoms with Crippen LogP contribution in [0, 0.1) is 11.7 Å². The number of halogens is 1. The van der Waals surface area contributed by atoms with E-state index in [4.69, 9.17) is 18.9 Å². The van der Waals surface area contributed by atoms with Gasteiger partial charge in [0.1, 0.15) is 5.75 Å². The van der Waals surface area contributed by atoms with Crippen molar-refractivity contribution in [1.29, 1.82) is 0 Å². The average molecular weight is 558 g/mol. The number of imidazole rings is 1. The number of fused-ring (bicyclic) bond motifs is 1. The molecule has 1 aliphatic carbocycles. The molecule has 0 unspecified atom stereocenters. The summed E-state index contributed by atoms with van der Waals surface area (Å²) in [5.41, 5.74) is 0.767. The van der Waals surface area contributed by atoms with Gasteiger partial charge in [-0.05, 0) is 49.1 Å². The molecule has 1 saturated carbocycles. The van der Waals surface area contributed by atoms with Gasteiger partial charge in [0.25, 0.3) is 10.0 Å². The molecule has 1 aromatic heterocycles. The van der Waals surface area contributed by atoms with Gasteiger partial charge in [-0.2, -0.15) is 0 Å². The van der Waals surface area contributed by atoms with Crippen LogP contribution in [0.15, 0.2) is 58.2 Å². The lowest BCUT2D eigenvalue weighted by molar-refractivity contribution is 0.284. The second-order valence-electron chi connectivity index (χ2n) is 9.31. The zero-order chi connectivity index (χ0) is 27.9. The van der Waals surface area contributed by atoms with Crippen LogP contribution in [0.1, 0.15) is 12.8 Å². The summed E-state index contributed by atoms with van der Waals surface area (Å²) in [6, 6.07) is 11.3. The van der Waals surface area contributed by atoms with Crippen LogP contribution < -0.4 is 29.4 Å². The maximum atomic E-state index is 14.4. The summed E-state index contributed by atoms with van der Waals surface area (Å²) in [5, 5.41) is 0. The molecule has 1 aliphatic rings. The first-order valence-electron chi connectivity index (χ1n) is 12.2. The van der Waals surface area contributed by atoms with Crippen LogP contribution in [-0.4, -0.2) is 38.4 Å². The highest BCUT2D eigenvalue weighted by molar-refractivity contribution is 7.92. The van der Waals surface area contributed by atoms with Crippen LogP contribution in [0.4, 0.5) is 10.1 Å². The Morgan fingerprint density at radius 3 is 2.26 bits per heavy atom. The van der Waals surface area contributed by atoms with Gasteiger partial charge in [-0.3, -0.25) is 13.9 Å². The van der Waals surface area contributed by atoms with Crippen LogP contribution in [0.5, 0.6) is 28.7 Å². The number of nitrogens with one attached hydrogen (secondary N) is 1. The van der Waals surface area contributed by atoms with E-state index in [9.17, 15) is 17.6 Å². The fourth-order valence-corrected chi connectivity index (χ4v) is 5.23. The fourth-order valence-electron chi connectivity index (χ4n) is 4.15. The van der Waals surface area contributed by atoms with Crippen LogP contribution in [0.2, 0.25) is 0 Å². The summed E-state index contributed by atoms with van der Waals surface area (Å²) in [5.74, 6) is 0.883. The van der Waals surface area contributed by atoms with Crippen LogP contribution in [0.25, 0.3) is 11.0 Å². The maximum Gasteiger partial charge on any atom is 0.328 e. The zero-order valence-electron chi connectivity index (χ0n) is 21.9. The zero-order valence-corrected chi connectivity index (χ0v) is 22.7. The number of sulfonamides is 1. The molecule has 1 N–H and O–H groups in total. The number of methoxy groups -OCH3 is 2. The molecule has 1 fully saturated rings. The lowest BCUT2D eigenvalue weighted by Crippen LogP contribution is -2.19. The van der Waals surface area contributed by atoms with Crippen molar-refractivity contribution in [2.75, 3.05) is 25.5 Å². The maximum absolute atomic E-state index is 14.4. The first kappa shape index (κ1) is 26.4. The molecule has 0 amide bonds. The van der Waals surface area contributed by atoms with E-state index < -0.39 is 15.8 Å². The van der Waals surface area contributed by atoms with E-state index in [1.807, 2.05) is 0 Å². The molecule has 0 bridgehead atoms. The molecule has 5 rings (SSSR count). The number of anilines is 1. The van der Waals surface area contributed by atoms with E-state index in [1.165, 1.54) is 65.8 Å². The predicted molar refractivity (Wildman–Crippen MR) is 143 cm³/mol. The number of hydrogen-bond donors (Lipinski definition) is 1. The number of nitrogens with zero attached hydrogens (tertiary/aromatic N) is 2. The summed E-state index contributed by atoms with van der Waals surface area (Å²) < 4.78 is 68.7. The molecule has 0 atom stereocenters. The van der Waals surface area contributed by atoms with Gasteiger partial charge >= 0.3 is 5.69 Å². The van der Waals surface area contributed by atoms with Gasteiger partial charge in [0, 0.05) is 32.3 Å². The lowest BCUT2D eigenvalue weighted by Gasteiger charge is -2.16. The van der Waals surface area contributed by atoms with E-state index in [0.29, 0.717) is 29.3 Å². The van der Waals surface area contributed by atoms with Crippen molar-refractivity contribution in [1.82, 2.24) is 9.13 Å². The first-order chi connectivity index (χ1) is 18.6. The Kier molecular flexibility index (Phi) is 6.89. The van der Waals surface area contributed by atoms with E-state index >= 15 is 0 Å². The van der Waals surface area contributed by atoms with Crippen LogP contribution in [0.3, 0.4) is 0 Å². The molecule has 206 valence electrons. The number of ether oxygens (including phenoxy) is 4. The molecule has 0 aliphatic heterocycles. The van der Waals surface area contributed by atoms with Crippen molar-refractivity contribution in [3.05, 3.63) is 64.8 Å². The summed E-state index contributed by atoms with van der Waals surface area (Å²) in [4.78, 5) is 12.5. The predicted octanol–water partition coefficient (Wildman–Crippen LogP) is 4.42. The second-order valence-corrected chi connectivity index (χ2v) is 11.0. The van der Waals surface area contributed by atoms with Crippen molar-refractivity contribution >= 4 is 26.7 Å². The van der Waals surface area contributed by atoms with Crippen molar-refractivity contribution in [2.45, 2.75) is 17.7 Å². The molecule has 3 aromatic carbocycles. The molecule has 12 heteroatoms. The Morgan fingerprint density at radius 1 is 0.897 bits per heavy atom. The van der Waals surface area contributed by atoms with Crippen LogP contribution in [-0.2, 0) is 24.1 Å². The lowest BCUT2D eigenvalue weighted by atomic mass is 10.2. The number of rotatable bonds is 10. The summed E-state index contributed by atoms with van der Waals surface area (Å²) in [6.45, 7) is 0.412. The van der Waals surface area contributed by atoms with Gasteiger partial charge in [0.2, 0.25) is 0 Å². The van der Waals surface area contributed by atoms with E-state index in [-0.39, 0.29) is 39.3 Å². The van der Waals surface area contributed by atoms with Crippen molar-refractivity contribution in [3.8, 4) is 28.7 Å². The van der Waals surface area contributed by atoms with Gasteiger partial charge in [0.05, 0.1) is 42.4 Å². The largest absolute Gasteiger partial charge is 0.493 e. The highest BCUT2D eigenvalue weighted by Crippen LogP contribution is 2.38. The van der Waals surface area contributed by atoms with Gasteiger partial charge < -0.3 is 18.9 Å². The van der Waals surface area contributed by atoms with Gasteiger partial charge in [0.15, 0.2) is 28.8 Å². The third-order valence-corrected chi connectivity index (χ3v) is 7.95. The first-order valence-corrected chi connectivity index (χ1v) is 13.6. The Balaban J connectivity index is 1.56. The van der Waals surface area contributed by atoms with Crippen LogP contribution >= 0.6 is 0 Å². The van der Waals surface area contributed by atoms with Crippen molar-refractivity contribution in [3.63, 3.8) is 0 Å². The smallest absolute Gasteiger partial charge is 0.328 e. The Morgan fingerprint density at radius 2 is 1.59 bits per heavy atom. The highest BCUT2D eigenvalue weighted by Gasteiger charge is 2.24. The van der Waals surface area contributed by atoms with E-state index in [1.54, 1.807) is 20.2 Å². The second kappa shape index (κ2) is 10.2. The minimum Gasteiger partial charge on any atom is -0.493 e. The van der Waals surface area contributed by atoms with Gasteiger partial charge in [-0.15, -0.1) is 0 Å². The Bertz CT molecular complexity index is 1730. The molecule has 0 radical (unpaired) electrons. The Labute approximate surface area is 224 Å². The molecule has 1 heterocycles. The average Bonchev–Trinajstić information content (AvgIpc) is 3.73.